The predicted molar refractivity (Wildman–Crippen MR) is 117 cm³/mol. The number of hydrazine groups is 1. The van der Waals surface area contributed by atoms with Crippen molar-refractivity contribution in [2.75, 3.05) is 5.32 Å². The first kappa shape index (κ1) is 22.3. The molecule has 4 N–H and O–H groups in total. The average Bonchev–Trinajstić information content (AvgIpc) is 2.68. The smallest absolute Gasteiger partial charge is 0.257 e. The van der Waals surface area contributed by atoms with Gasteiger partial charge >= 0.3 is 0 Å². The topological polar surface area (TPSA) is 99.3 Å². The molecule has 0 fully saturated rings. The number of thiocarbonyl (C=S) groups is 1. The van der Waals surface area contributed by atoms with E-state index >= 15 is 0 Å². The Morgan fingerprint density at radius 1 is 0.897 bits per heavy atom. The lowest BCUT2D eigenvalue weighted by molar-refractivity contribution is -0.124. The van der Waals surface area contributed by atoms with Crippen molar-refractivity contribution in [3.05, 3.63) is 64.2 Å². The van der Waals surface area contributed by atoms with E-state index in [4.69, 9.17) is 23.8 Å². The number of amides is 3. The van der Waals surface area contributed by atoms with Crippen LogP contribution in [0, 0.1) is 13.8 Å². The zero-order valence-electron chi connectivity index (χ0n) is 16.0. The van der Waals surface area contributed by atoms with Crippen LogP contribution in [-0.2, 0) is 9.59 Å². The van der Waals surface area contributed by atoms with Crippen molar-refractivity contribution in [2.24, 2.45) is 0 Å². The molecule has 2 aromatic carbocycles. The van der Waals surface area contributed by atoms with E-state index in [1.165, 1.54) is 0 Å². The molecule has 0 aliphatic carbocycles. The molecule has 0 saturated carbocycles. The van der Waals surface area contributed by atoms with Crippen LogP contribution in [0.2, 0.25) is 5.02 Å². The Balaban J connectivity index is 1.69. The van der Waals surface area contributed by atoms with Gasteiger partial charge in [-0.15, -0.1) is 0 Å². The molecule has 2 rings (SSSR count). The maximum Gasteiger partial charge on any atom is 0.257 e. The third kappa shape index (κ3) is 7.52. The molecule has 0 spiro atoms. The molecule has 0 radical (unpaired) electrons. The largest absolute Gasteiger partial charge is 0.326 e. The standard InChI is InChI=1S/C20H21ClN4O3S/c1-12-3-8-16(11-13(12)2)22-17(26)9-10-18(27)24-25-20(29)23-19(28)14-4-6-15(21)7-5-14/h3-8,11H,9-10H2,1-2H3,(H,22,26)(H,24,27)(H2,23,25,28,29). The van der Waals surface area contributed by atoms with Crippen LogP contribution in [0.4, 0.5) is 5.69 Å². The normalized spacial score (nSPS) is 10.0. The van der Waals surface area contributed by atoms with Crippen molar-refractivity contribution in [3.63, 3.8) is 0 Å². The summed E-state index contributed by atoms with van der Waals surface area (Å²) in [6.07, 6.45) is -0.0399. The van der Waals surface area contributed by atoms with Crippen LogP contribution in [0.15, 0.2) is 42.5 Å². The van der Waals surface area contributed by atoms with E-state index < -0.39 is 11.8 Å². The Kier molecular flexibility index (Phi) is 8.11. The van der Waals surface area contributed by atoms with E-state index in [9.17, 15) is 14.4 Å². The third-order valence-corrected chi connectivity index (χ3v) is 4.47. The number of nitrogens with one attached hydrogen (secondary N) is 4. The minimum atomic E-state index is -0.443. The van der Waals surface area contributed by atoms with E-state index in [2.05, 4.69) is 21.5 Å². The first-order valence-corrected chi connectivity index (χ1v) is 9.56. The van der Waals surface area contributed by atoms with E-state index in [-0.39, 0.29) is 23.9 Å². The Morgan fingerprint density at radius 3 is 2.21 bits per heavy atom. The lowest BCUT2D eigenvalue weighted by Gasteiger charge is -2.11. The molecule has 0 unspecified atom stereocenters. The summed E-state index contributed by atoms with van der Waals surface area (Å²) in [6, 6.07) is 11.9. The Hall–Kier alpha value is -2.97. The molecule has 0 aliphatic rings. The van der Waals surface area contributed by atoms with Crippen molar-refractivity contribution in [1.29, 1.82) is 0 Å². The van der Waals surface area contributed by atoms with Gasteiger partial charge in [-0.05, 0) is 73.6 Å². The van der Waals surface area contributed by atoms with E-state index in [1.807, 2.05) is 32.0 Å². The van der Waals surface area contributed by atoms with Crippen LogP contribution < -0.4 is 21.5 Å². The minimum Gasteiger partial charge on any atom is -0.326 e. The first-order chi connectivity index (χ1) is 13.7. The highest BCUT2D eigenvalue weighted by Crippen LogP contribution is 2.14. The number of aryl methyl sites for hydroxylation is 2. The van der Waals surface area contributed by atoms with Crippen molar-refractivity contribution in [3.8, 4) is 0 Å². The van der Waals surface area contributed by atoms with Gasteiger partial charge < -0.3 is 5.32 Å². The molecule has 0 bridgehead atoms. The number of rotatable bonds is 5. The maximum atomic E-state index is 12.0. The highest BCUT2D eigenvalue weighted by Gasteiger charge is 2.10. The Bertz CT molecular complexity index is 932. The van der Waals surface area contributed by atoms with Crippen molar-refractivity contribution < 1.29 is 14.4 Å². The molecule has 9 heteroatoms. The van der Waals surface area contributed by atoms with Gasteiger partial charge in [-0.1, -0.05) is 17.7 Å². The molecule has 3 amide bonds. The van der Waals surface area contributed by atoms with Crippen molar-refractivity contribution >= 4 is 52.3 Å². The number of hydrogen-bond acceptors (Lipinski definition) is 4. The second-order valence-electron chi connectivity index (χ2n) is 6.31. The van der Waals surface area contributed by atoms with Crippen LogP contribution in [0.3, 0.4) is 0 Å². The molecule has 152 valence electrons. The van der Waals surface area contributed by atoms with Gasteiger partial charge in [-0.2, -0.15) is 0 Å². The van der Waals surface area contributed by atoms with Crippen molar-refractivity contribution in [1.82, 2.24) is 16.2 Å². The van der Waals surface area contributed by atoms with Gasteiger partial charge in [0.15, 0.2) is 5.11 Å². The van der Waals surface area contributed by atoms with E-state index in [0.29, 0.717) is 16.3 Å². The van der Waals surface area contributed by atoms with Gasteiger partial charge in [-0.3, -0.25) is 30.6 Å². The Morgan fingerprint density at radius 2 is 1.55 bits per heavy atom. The summed E-state index contributed by atoms with van der Waals surface area (Å²) in [5.41, 5.74) is 8.01. The predicted octanol–water partition coefficient (Wildman–Crippen LogP) is 3.01. The summed E-state index contributed by atoms with van der Waals surface area (Å²) < 4.78 is 0. The first-order valence-electron chi connectivity index (χ1n) is 8.77. The molecule has 0 heterocycles. The number of benzene rings is 2. The zero-order valence-corrected chi connectivity index (χ0v) is 17.5. The molecular formula is C20H21ClN4O3S. The Labute approximate surface area is 179 Å². The SMILES string of the molecule is Cc1ccc(NC(=O)CCC(=O)NNC(=S)NC(=O)c2ccc(Cl)cc2)cc1C. The molecular weight excluding hydrogens is 412 g/mol. The second kappa shape index (κ2) is 10.5. The van der Waals surface area contributed by atoms with Gasteiger partial charge in [0.2, 0.25) is 11.8 Å². The van der Waals surface area contributed by atoms with Gasteiger partial charge in [0.05, 0.1) is 0 Å². The van der Waals surface area contributed by atoms with Crippen LogP contribution in [0.1, 0.15) is 34.3 Å². The molecule has 0 aromatic heterocycles. The molecule has 0 aliphatic heterocycles. The highest BCUT2D eigenvalue weighted by atomic mass is 35.5. The van der Waals surface area contributed by atoms with Gasteiger partial charge in [0, 0.05) is 29.1 Å². The maximum absolute atomic E-state index is 12.0. The summed E-state index contributed by atoms with van der Waals surface area (Å²) in [7, 11) is 0. The fourth-order valence-corrected chi connectivity index (χ4v) is 2.54. The molecule has 2 aromatic rings. The van der Waals surface area contributed by atoms with Crippen LogP contribution >= 0.6 is 23.8 Å². The lowest BCUT2D eigenvalue weighted by Crippen LogP contribution is -2.48. The summed E-state index contributed by atoms with van der Waals surface area (Å²) >= 11 is 10.7. The highest BCUT2D eigenvalue weighted by molar-refractivity contribution is 7.80. The van der Waals surface area contributed by atoms with Crippen LogP contribution in [0.5, 0.6) is 0 Å². The number of carbonyl (C=O) groups is 3. The molecule has 0 atom stereocenters. The van der Waals surface area contributed by atoms with Crippen LogP contribution in [-0.4, -0.2) is 22.8 Å². The van der Waals surface area contributed by atoms with E-state index in [1.54, 1.807) is 24.3 Å². The van der Waals surface area contributed by atoms with E-state index in [0.717, 1.165) is 11.1 Å². The average molecular weight is 433 g/mol. The third-order valence-electron chi connectivity index (χ3n) is 4.02. The fraction of sp³-hybridized carbons (Fsp3) is 0.200. The quantitative estimate of drug-likeness (QED) is 0.430. The monoisotopic (exact) mass is 432 g/mol. The number of halogens is 1. The molecule has 29 heavy (non-hydrogen) atoms. The second-order valence-corrected chi connectivity index (χ2v) is 7.16. The summed E-state index contributed by atoms with van der Waals surface area (Å²) in [5.74, 6) is -1.16. The van der Waals surface area contributed by atoms with Gasteiger partial charge in [0.1, 0.15) is 0 Å². The fourth-order valence-electron chi connectivity index (χ4n) is 2.27. The lowest BCUT2D eigenvalue weighted by atomic mass is 10.1. The number of anilines is 1. The molecule has 7 nitrogen and oxygen atoms in total. The summed E-state index contributed by atoms with van der Waals surface area (Å²) in [6.45, 7) is 3.94. The molecule has 0 saturated heterocycles. The van der Waals surface area contributed by atoms with Crippen molar-refractivity contribution in [2.45, 2.75) is 26.7 Å². The minimum absolute atomic E-state index is 0.00430. The number of carbonyl (C=O) groups excluding carboxylic acids is 3. The summed E-state index contributed by atoms with van der Waals surface area (Å²) in [5, 5.41) is 5.61. The van der Waals surface area contributed by atoms with Crippen LogP contribution in [0.25, 0.3) is 0 Å². The van der Waals surface area contributed by atoms with Gasteiger partial charge in [-0.25, -0.2) is 0 Å². The van der Waals surface area contributed by atoms with Gasteiger partial charge in [0.25, 0.3) is 5.91 Å². The zero-order chi connectivity index (χ0) is 21.4. The number of hydrogen-bond donors (Lipinski definition) is 4. The summed E-state index contributed by atoms with van der Waals surface area (Å²) in [4.78, 5) is 35.8.